The summed E-state index contributed by atoms with van der Waals surface area (Å²) >= 11 is 3.47. The lowest BCUT2D eigenvalue weighted by Crippen LogP contribution is -2.35. The summed E-state index contributed by atoms with van der Waals surface area (Å²) in [7, 11) is 1.56. The second kappa shape index (κ2) is 7.01. The molecule has 0 bridgehead atoms. The normalized spacial score (nSPS) is 20.8. The van der Waals surface area contributed by atoms with Crippen molar-refractivity contribution >= 4 is 28.0 Å². The van der Waals surface area contributed by atoms with E-state index in [1.807, 2.05) is 12.1 Å². The molecule has 0 saturated carbocycles. The van der Waals surface area contributed by atoms with E-state index in [-0.39, 0.29) is 19.0 Å². The smallest absolute Gasteiger partial charge is 0.410 e. The predicted molar refractivity (Wildman–Crippen MR) is 92.4 cm³/mol. The number of ether oxygens (including phenoxy) is 2. The molecule has 0 unspecified atom stereocenters. The van der Waals surface area contributed by atoms with Crippen LogP contribution in [0.4, 0.5) is 4.79 Å². The molecule has 2 rings (SSSR count). The van der Waals surface area contributed by atoms with E-state index < -0.39 is 23.6 Å². The highest BCUT2D eigenvalue weighted by molar-refractivity contribution is 9.10. The zero-order valence-electron chi connectivity index (χ0n) is 14.2. The number of hydrogen-bond acceptors (Lipinski definition) is 4. The van der Waals surface area contributed by atoms with Crippen LogP contribution in [0.15, 0.2) is 22.7 Å². The fraction of sp³-hybridized carbons (Fsp3) is 0.529. The topological polar surface area (TPSA) is 76.1 Å². The Kier molecular flexibility index (Phi) is 5.42. The third kappa shape index (κ3) is 4.20. The van der Waals surface area contributed by atoms with Crippen LogP contribution in [0.2, 0.25) is 0 Å². The molecule has 1 N–H and O–H groups in total. The molecule has 7 heteroatoms. The Hall–Kier alpha value is -1.76. The number of nitrogens with zero attached hydrogens (tertiary/aromatic N) is 1. The molecule has 2 atom stereocenters. The SMILES string of the molecule is COc1ccc(Br)c([C@@H]2CN(C(=O)OC(C)(C)C)C[C@H]2C(=O)O)c1. The quantitative estimate of drug-likeness (QED) is 0.841. The Morgan fingerprint density at radius 1 is 1.29 bits per heavy atom. The lowest BCUT2D eigenvalue weighted by Gasteiger charge is -2.24. The molecular weight excluding hydrogens is 378 g/mol. The number of aliphatic carboxylic acids is 1. The van der Waals surface area contributed by atoms with E-state index in [0.29, 0.717) is 5.75 Å². The number of carboxylic acid groups (broad SMARTS) is 1. The molecule has 1 aromatic carbocycles. The first-order chi connectivity index (χ1) is 11.1. The van der Waals surface area contributed by atoms with Crippen LogP contribution in [0.25, 0.3) is 0 Å². The minimum Gasteiger partial charge on any atom is -0.497 e. The largest absolute Gasteiger partial charge is 0.497 e. The summed E-state index contributed by atoms with van der Waals surface area (Å²) in [6.45, 7) is 5.76. The van der Waals surface area contributed by atoms with E-state index in [4.69, 9.17) is 9.47 Å². The number of amides is 1. The standard InChI is InChI=1S/C17H22BrNO5/c1-17(2,3)24-16(22)19-8-12(13(9-19)15(20)21)11-7-10(23-4)5-6-14(11)18/h5-7,12-13H,8-9H2,1-4H3,(H,20,21)/t12-,13+/m0/s1. The van der Waals surface area contributed by atoms with Crippen LogP contribution in [0.1, 0.15) is 32.3 Å². The van der Waals surface area contributed by atoms with Crippen LogP contribution < -0.4 is 4.74 Å². The van der Waals surface area contributed by atoms with Crippen LogP contribution in [0, 0.1) is 5.92 Å². The maximum Gasteiger partial charge on any atom is 0.410 e. The summed E-state index contributed by atoms with van der Waals surface area (Å²) in [6.07, 6.45) is -0.490. The van der Waals surface area contributed by atoms with Gasteiger partial charge in [-0.25, -0.2) is 4.79 Å². The first-order valence-electron chi connectivity index (χ1n) is 7.66. The molecule has 24 heavy (non-hydrogen) atoms. The molecule has 6 nitrogen and oxygen atoms in total. The van der Waals surface area contributed by atoms with Gasteiger partial charge in [0, 0.05) is 23.5 Å². The van der Waals surface area contributed by atoms with Gasteiger partial charge in [-0.15, -0.1) is 0 Å². The fourth-order valence-electron chi connectivity index (χ4n) is 2.78. The maximum atomic E-state index is 12.3. The van der Waals surface area contributed by atoms with Crippen molar-refractivity contribution in [2.45, 2.75) is 32.3 Å². The Bertz CT molecular complexity index is 640. The van der Waals surface area contributed by atoms with Crippen molar-refractivity contribution in [2.75, 3.05) is 20.2 Å². The van der Waals surface area contributed by atoms with Gasteiger partial charge < -0.3 is 19.5 Å². The number of halogens is 1. The van der Waals surface area contributed by atoms with Gasteiger partial charge in [0.25, 0.3) is 0 Å². The number of methoxy groups -OCH3 is 1. The van der Waals surface area contributed by atoms with E-state index in [1.54, 1.807) is 33.9 Å². The first-order valence-corrected chi connectivity index (χ1v) is 8.46. The number of hydrogen-bond donors (Lipinski definition) is 1. The van der Waals surface area contributed by atoms with E-state index in [9.17, 15) is 14.7 Å². The highest BCUT2D eigenvalue weighted by Crippen LogP contribution is 2.38. The van der Waals surface area contributed by atoms with Gasteiger partial charge in [0.15, 0.2) is 0 Å². The summed E-state index contributed by atoms with van der Waals surface area (Å²) in [4.78, 5) is 25.4. The number of carbonyl (C=O) groups excluding carboxylic acids is 1. The van der Waals surface area contributed by atoms with Crippen LogP contribution in [0.5, 0.6) is 5.75 Å². The van der Waals surface area contributed by atoms with Crippen molar-refractivity contribution in [2.24, 2.45) is 5.92 Å². The van der Waals surface area contributed by atoms with Crippen LogP contribution in [-0.2, 0) is 9.53 Å². The van der Waals surface area contributed by atoms with E-state index in [1.165, 1.54) is 4.90 Å². The summed E-state index contributed by atoms with van der Waals surface area (Å²) in [5.41, 5.74) is 0.192. The molecule has 1 aromatic rings. The van der Waals surface area contributed by atoms with E-state index >= 15 is 0 Å². The molecule has 0 aromatic heterocycles. The zero-order chi connectivity index (χ0) is 18.1. The van der Waals surface area contributed by atoms with Gasteiger partial charge in [-0.05, 0) is 44.5 Å². The molecule has 1 aliphatic heterocycles. The van der Waals surface area contributed by atoms with Crippen molar-refractivity contribution < 1.29 is 24.2 Å². The number of carboxylic acids is 1. The first kappa shape index (κ1) is 18.6. The molecular formula is C17H22BrNO5. The molecule has 1 fully saturated rings. The minimum atomic E-state index is -0.930. The van der Waals surface area contributed by atoms with E-state index in [0.717, 1.165) is 10.0 Å². The third-order valence-electron chi connectivity index (χ3n) is 3.89. The molecule has 0 aliphatic carbocycles. The summed E-state index contributed by atoms with van der Waals surface area (Å²) in [5, 5.41) is 9.57. The van der Waals surface area contributed by atoms with Crippen molar-refractivity contribution in [1.29, 1.82) is 0 Å². The second-order valence-electron chi connectivity index (χ2n) is 6.82. The number of carbonyl (C=O) groups is 2. The summed E-state index contributed by atoms with van der Waals surface area (Å²) < 4.78 is 11.4. The summed E-state index contributed by atoms with van der Waals surface area (Å²) in [6, 6.07) is 5.43. The lowest BCUT2D eigenvalue weighted by molar-refractivity contribution is -0.141. The molecule has 0 spiro atoms. The van der Waals surface area contributed by atoms with Crippen molar-refractivity contribution in [3.8, 4) is 5.75 Å². The molecule has 1 aliphatic rings. The van der Waals surface area contributed by atoms with Gasteiger partial charge in [0.2, 0.25) is 0 Å². The monoisotopic (exact) mass is 399 g/mol. The Morgan fingerprint density at radius 3 is 2.50 bits per heavy atom. The van der Waals surface area contributed by atoms with Gasteiger partial charge in [-0.1, -0.05) is 15.9 Å². The van der Waals surface area contributed by atoms with Crippen molar-refractivity contribution in [1.82, 2.24) is 4.90 Å². The van der Waals surface area contributed by atoms with Gasteiger partial charge in [0.1, 0.15) is 11.4 Å². The van der Waals surface area contributed by atoms with Crippen LogP contribution in [-0.4, -0.2) is 47.9 Å². The van der Waals surface area contributed by atoms with E-state index in [2.05, 4.69) is 15.9 Å². The fourth-order valence-corrected chi connectivity index (χ4v) is 3.32. The van der Waals surface area contributed by atoms with Crippen LogP contribution >= 0.6 is 15.9 Å². The Balaban J connectivity index is 2.29. The van der Waals surface area contributed by atoms with Gasteiger partial charge in [0.05, 0.1) is 13.0 Å². The highest BCUT2D eigenvalue weighted by Gasteiger charge is 2.42. The molecule has 1 heterocycles. The number of benzene rings is 1. The van der Waals surface area contributed by atoms with Crippen molar-refractivity contribution in [3.05, 3.63) is 28.2 Å². The summed E-state index contributed by atoms with van der Waals surface area (Å²) in [5.74, 6) is -1.31. The third-order valence-corrected chi connectivity index (χ3v) is 4.61. The molecule has 1 saturated heterocycles. The lowest BCUT2D eigenvalue weighted by atomic mass is 9.89. The maximum absolute atomic E-state index is 12.3. The second-order valence-corrected chi connectivity index (χ2v) is 7.68. The molecule has 1 amide bonds. The predicted octanol–water partition coefficient (Wildman–Crippen LogP) is 3.49. The van der Waals surface area contributed by atoms with Gasteiger partial charge in [-0.2, -0.15) is 0 Å². The zero-order valence-corrected chi connectivity index (χ0v) is 15.8. The molecule has 132 valence electrons. The van der Waals surface area contributed by atoms with Gasteiger partial charge in [-0.3, -0.25) is 4.79 Å². The van der Waals surface area contributed by atoms with Crippen LogP contribution in [0.3, 0.4) is 0 Å². The number of likely N-dealkylation sites (tertiary alicyclic amines) is 1. The minimum absolute atomic E-state index is 0.124. The van der Waals surface area contributed by atoms with Gasteiger partial charge >= 0.3 is 12.1 Å². The Labute approximate surface area is 149 Å². The Morgan fingerprint density at radius 2 is 1.96 bits per heavy atom. The van der Waals surface area contributed by atoms with Crippen molar-refractivity contribution in [3.63, 3.8) is 0 Å². The average Bonchev–Trinajstić information content (AvgIpc) is 2.91. The highest BCUT2D eigenvalue weighted by atomic mass is 79.9. The molecule has 0 radical (unpaired) electrons. The average molecular weight is 400 g/mol. The number of rotatable bonds is 3.